The van der Waals surface area contributed by atoms with E-state index in [4.69, 9.17) is 27.9 Å². The minimum atomic E-state index is -0.548. The quantitative estimate of drug-likeness (QED) is 0.548. The molecule has 0 bridgehead atoms. The van der Waals surface area contributed by atoms with Crippen molar-refractivity contribution in [3.8, 4) is 5.75 Å². The normalized spacial score (nSPS) is 11.9. The second-order valence-corrected chi connectivity index (χ2v) is 8.43. The number of rotatable bonds is 8. The van der Waals surface area contributed by atoms with Crippen molar-refractivity contribution in [2.24, 2.45) is 0 Å². The summed E-state index contributed by atoms with van der Waals surface area (Å²) in [5.74, 6) is 2.12. The van der Waals surface area contributed by atoms with Gasteiger partial charge in [0, 0.05) is 28.1 Å². The average Bonchev–Trinajstić information content (AvgIpc) is 2.60. The number of hydrogen-bond acceptors (Lipinski definition) is 3. The minimum absolute atomic E-state index is 0.120. The van der Waals surface area contributed by atoms with Crippen molar-refractivity contribution in [2.45, 2.75) is 39.6 Å². The molecule has 6 heteroatoms. The van der Waals surface area contributed by atoms with Crippen LogP contribution >= 0.6 is 35.0 Å². The molecule has 0 saturated carbocycles. The second-order valence-electron chi connectivity index (χ2n) is 6.51. The number of carbonyl (C=O) groups excluding carboxylic acids is 1. The van der Waals surface area contributed by atoms with Gasteiger partial charge in [0.05, 0.1) is 0 Å². The molecule has 0 saturated heterocycles. The largest absolute Gasteiger partial charge is 0.481 e. The fourth-order valence-electron chi connectivity index (χ4n) is 2.60. The molecular formula is C21H25Cl2NO2S. The Labute approximate surface area is 175 Å². The minimum Gasteiger partial charge on any atom is -0.481 e. The maximum atomic E-state index is 12.3. The van der Waals surface area contributed by atoms with Crippen molar-refractivity contribution in [1.29, 1.82) is 0 Å². The maximum absolute atomic E-state index is 12.3. The summed E-state index contributed by atoms with van der Waals surface area (Å²) < 4.78 is 5.87. The highest BCUT2D eigenvalue weighted by Gasteiger charge is 2.16. The Hall–Kier alpha value is -1.36. The van der Waals surface area contributed by atoms with Crippen LogP contribution in [0.15, 0.2) is 30.3 Å². The summed E-state index contributed by atoms with van der Waals surface area (Å²) >= 11 is 14.0. The first-order chi connectivity index (χ1) is 12.8. The Bertz CT molecular complexity index is 791. The number of nitrogens with one attached hydrogen (secondary N) is 1. The smallest absolute Gasteiger partial charge is 0.260 e. The Morgan fingerprint density at radius 2 is 1.85 bits per heavy atom. The van der Waals surface area contributed by atoms with E-state index in [-0.39, 0.29) is 5.91 Å². The highest BCUT2D eigenvalue weighted by molar-refractivity contribution is 7.98. The van der Waals surface area contributed by atoms with Crippen molar-refractivity contribution in [1.82, 2.24) is 5.32 Å². The van der Waals surface area contributed by atoms with Crippen LogP contribution in [-0.4, -0.2) is 24.3 Å². The lowest BCUT2D eigenvalue weighted by Gasteiger charge is -2.18. The van der Waals surface area contributed by atoms with E-state index in [1.165, 1.54) is 0 Å². The molecule has 2 aromatic carbocycles. The molecule has 146 valence electrons. The number of halogens is 2. The predicted molar refractivity (Wildman–Crippen MR) is 116 cm³/mol. The summed E-state index contributed by atoms with van der Waals surface area (Å²) in [4.78, 5) is 12.3. The zero-order valence-electron chi connectivity index (χ0n) is 16.1. The standard InChI is InChI=1S/C21H25Cl2NO2S/c1-13-10-14(2)15(3)20(11-13)26-16(4)21(25)24-8-9-27-12-17-18(22)6-5-7-19(17)23/h5-7,10-11,16H,8-9,12H2,1-4H3,(H,24,25)/t16-/m0/s1. The molecule has 27 heavy (non-hydrogen) atoms. The van der Waals surface area contributed by atoms with E-state index in [9.17, 15) is 4.79 Å². The van der Waals surface area contributed by atoms with Gasteiger partial charge in [0.2, 0.25) is 0 Å². The van der Waals surface area contributed by atoms with Crippen LogP contribution in [0.25, 0.3) is 0 Å². The topological polar surface area (TPSA) is 38.3 Å². The molecule has 1 amide bonds. The molecule has 0 aromatic heterocycles. The van der Waals surface area contributed by atoms with Gasteiger partial charge in [0.1, 0.15) is 5.75 Å². The van der Waals surface area contributed by atoms with Gasteiger partial charge < -0.3 is 10.1 Å². The molecule has 0 radical (unpaired) electrons. The van der Waals surface area contributed by atoms with Crippen LogP contribution in [0.3, 0.4) is 0 Å². The SMILES string of the molecule is Cc1cc(C)c(C)c(O[C@@H](C)C(=O)NCCSCc2c(Cl)cccc2Cl)c1. The molecule has 0 unspecified atom stereocenters. The van der Waals surface area contributed by atoms with Crippen molar-refractivity contribution < 1.29 is 9.53 Å². The van der Waals surface area contributed by atoms with Crippen LogP contribution in [0.1, 0.15) is 29.2 Å². The van der Waals surface area contributed by atoms with Gasteiger partial charge in [-0.25, -0.2) is 0 Å². The fraction of sp³-hybridized carbons (Fsp3) is 0.381. The van der Waals surface area contributed by atoms with Crippen molar-refractivity contribution in [2.75, 3.05) is 12.3 Å². The molecule has 1 atom stereocenters. The molecule has 0 aliphatic heterocycles. The van der Waals surface area contributed by atoms with E-state index in [1.807, 2.05) is 45.0 Å². The number of carbonyl (C=O) groups is 1. The summed E-state index contributed by atoms with van der Waals surface area (Å²) in [7, 11) is 0. The first-order valence-electron chi connectivity index (χ1n) is 8.82. The van der Waals surface area contributed by atoms with Crippen LogP contribution in [0.4, 0.5) is 0 Å². The summed E-state index contributed by atoms with van der Waals surface area (Å²) in [6.45, 7) is 8.40. The van der Waals surface area contributed by atoms with Crippen molar-refractivity contribution in [3.05, 3.63) is 62.6 Å². The van der Waals surface area contributed by atoms with Gasteiger partial charge >= 0.3 is 0 Å². The van der Waals surface area contributed by atoms with E-state index in [0.29, 0.717) is 22.3 Å². The summed E-state index contributed by atoms with van der Waals surface area (Å²) in [6.07, 6.45) is -0.548. The number of thioether (sulfide) groups is 1. The van der Waals surface area contributed by atoms with E-state index in [1.54, 1.807) is 18.7 Å². The summed E-state index contributed by atoms with van der Waals surface area (Å²) in [5, 5.41) is 4.26. The Morgan fingerprint density at radius 3 is 2.52 bits per heavy atom. The highest BCUT2D eigenvalue weighted by atomic mass is 35.5. The number of amides is 1. The molecule has 1 N–H and O–H groups in total. The third kappa shape index (κ3) is 6.34. The molecule has 0 aliphatic rings. The molecule has 0 fully saturated rings. The number of aryl methyl sites for hydroxylation is 2. The highest BCUT2D eigenvalue weighted by Crippen LogP contribution is 2.28. The number of ether oxygens (including phenoxy) is 1. The van der Waals surface area contributed by atoms with Gasteiger partial charge in [-0.2, -0.15) is 11.8 Å². The fourth-order valence-corrected chi connectivity index (χ4v) is 4.20. The van der Waals surface area contributed by atoms with Crippen molar-refractivity contribution in [3.63, 3.8) is 0 Å². The van der Waals surface area contributed by atoms with Crippen LogP contribution in [0.5, 0.6) is 5.75 Å². The van der Waals surface area contributed by atoms with Crippen LogP contribution in [-0.2, 0) is 10.5 Å². The van der Waals surface area contributed by atoms with Crippen LogP contribution in [0.2, 0.25) is 10.0 Å². The molecule has 0 spiro atoms. The van der Waals surface area contributed by atoms with Gasteiger partial charge in [0.25, 0.3) is 5.91 Å². The molecule has 2 rings (SSSR count). The first-order valence-corrected chi connectivity index (χ1v) is 10.7. The molecule has 2 aromatic rings. The number of benzene rings is 2. The van der Waals surface area contributed by atoms with Gasteiger partial charge in [-0.3, -0.25) is 4.79 Å². The van der Waals surface area contributed by atoms with Gasteiger partial charge in [0.15, 0.2) is 6.10 Å². The first kappa shape index (κ1) is 21.9. The molecule has 0 aliphatic carbocycles. The lowest BCUT2D eigenvalue weighted by molar-refractivity contribution is -0.127. The van der Waals surface area contributed by atoms with E-state index < -0.39 is 6.10 Å². The number of hydrogen-bond donors (Lipinski definition) is 1. The Morgan fingerprint density at radius 1 is 1.19 bits per heavy atom. The Balaban J connectivity index is 1.77. The summed E-state index contributed by atoms with van der Waals surface area (Å²) in [5.41, 5.74) is 4.27. The van der Waals surface area contributed by atoms with Gasteiger partial charge in [-0.1, -0.05) is 35.3 Å². The molecule has 3 nitrogen and oxygen atoms in total. The van der Waals surface area contributed by atoms with Crippen molar-refractivity contribution >= 4 is 40.9 Å². The lowest BCUT2D eigenvalue weighted by atomic mass is 10.1. The van der Waals surface area contributed by atoms with Crippen LogP contribution in [0, 0.1) is 20.8 Å². The predicted octanol–water partition coefficient (Wildman–Crippen LogP) is 5.74. The zero-order chi connectivity index (χ0) is 20.0. The van der Waals surface area contributed by atoms with Crippen LogP contribution < -0.4 is 10.1 Å². The zero-order valence-corrected chi connectivity index (χ0v) is 18.4. The van der Waals surface area contributed by atoms with Gasteiger partial charge in [-0.15, -0.1) is 0 Å². The summed E-state index contributed by atoms with van der Waals surface area (Å²) in [6, 6.07) is 9.57. The monoisotopic (exact) mass is 425 g/mol. The van der Waals surface area contributed by atoms with Gasteiger partial charge in [-0.05, 0) is 68.1 Å². The van der Waals surface area contributed by atoms with E-state index >= 15 is 0 Å². The van der Waals surface area contributed by atoms with E-state index in [2.05, 4.69) is 11.4 Å². The lowest BCUT2D eigenvalue weighted by Crippen LogP contribution is -2.37. The Kier molecular flexibility index (Phi) is 8.33. The second kappa shape index (κ2) is 10.3. The molecular weight excluding hydrogens is 401 g/mol. The molecule has 0 heterocycles. The third-order valence-corrected chi connectivity index (χ3v) is 5.98. The third-order valence-electron chi connectivity index (χ3n) is 4.29. The van der Waals surface area contributed by atoms with E-state index in [0.717, 1.165) is 33.8 Å². The average molecular weight is 426 g/mol. The maximum Gasteiger partial charge on any atom is 0.260 e.